The second kappa shape index (κ2) is 15.1. The van der Waals surface area contributed by atoms with Gasteiger partial charge >= 0.3 is 0 Å². The zero-order valence-corrected chi connectivity index (χ0v) is 26.5. The number of rotatable bonds is 11. The SMILES string of the molecule is CCOc1ccc(/C=C(\NC(=O)c2ccccc2)C(=O)Nc2ccc(SC3CC(=O)N(c4ccc(NC(C)=O)cc4)C3=O)cc2)cc1. The fourth-order valence-corrected chi connectivity index (χ4v) is 5.83. The summed E-state index contributed by atoms with van der Waals surface area (Å²) in [7, 11) is 0. The van der Waals surface area contributed by atoms with Crippen LogP contribution >= 0.6 is 11.8 Å². The van der Waals surface area contributed by atoms with Crippen LogP contribution in [0.1, 0.15) is 36.2 Å². The second-order valence-corrected chi connectivity index (χ2v) is 11.7. The Hall–Kier alpha value is -5.68. The molecule has 1 fully saturated rings. The van der Waals surface area contributed by atoms with Gasteiger partial charge < -0.3 is 20.7 Å². The summed E-state index contributed by atoms with van der Waals surface area (Å²) in [6.07, 6.45) is 1.62. The largest absolute Gasteiger partial charge is 0.494 e. The van der Waals surface area contributed by atoms with E-state index in [1.54, 1.807) is 109 Å². The van der Waals surface area contributed by atoms with Crippen molar-refractivity contribution in [2.75, 3.05) is 22.1 Å². The number of carbonyl (C=O) groups is 5. The maximum absolute atomic E-state index is 13.4. The third-order valence-corrected chi connectivity index (χ3v) is 8.17. The molecule has 1 heterocycles. The van der Waals surface area contributed by atoms with Crippen LogP contribution in [0.15, 0.2) is 114 Å². The van der Waals surface area contributed by atoms with Gasteiger partial charge in [0.1, 0.15) is 11.4 Å². The first-order valence-electron chi connectivity index (χ1n) is 14.8. The molecule has 1 aliphatic rings. The highest BCUT2D eigenvalue weighted by molar-refractivity contribution is 8.00. The summed E-state index contributed by atoms with van der Waals surface area (Å²) in [5.74, 6) is -1.13. The van der Waals surface area contributed by atoms with Crippen molar-refractivity contribution in [2.45, 2.75) is 30.4 Å². The zero-order valence-electron chi connectivity index (χ0n) is 25.7. The molecule has 238 valence electrons. The molecule has 4 aromatic rings. The molecule has 5 rings (SSSR count). The van der Waals surface area contributed by atoms with Crippen molar-refractivity contribution in [1.29, 1.82) is 0 Å². The van der Waals surface area contributed by atoms with Crippen molar-refractivity contribution in [1.82, 2.24) is 5.32 Å². The first-order valence-corrected chi connectivity index (χ1v) is 15.7. The van der Waals surface area contributed by atoms with Crippen LogP contribution in [0, 0.1) is 0 Å². The summed E-state index contributed by atoms with van der Waals surface area (Å²) in [6.45, 7) is 3.81. The summed E-state index contributed by atoms with van der Waals surface area (Å²) in [4.78, 5) is 65.5. The highest BCUT2D eigenvalue weighted by Gasteiger charge is 2.40. The summed E-state index contributed by atoms with van der Waals surface area (Å²) in [5, 5.41) is 7.58. The molecule has 47 heavy (non-hydrogen) atoms. The summed E-state index contributed by atoms with van der Waals surface area (Å²) in [5.41, 5.74) is 2.61. The van der Waals surface area contributed by atoms with Gasteiger partial charge in [0.05, 0.1) is 17.5 Å². The Balaban J connectivity index is 1.26. The van der Waals surface area contributed by atoms with Gasteiger partial charge in [-0.1, -0.05) is 30.3 Å². The number of amides is 5. The van der Waals surface area contributed by atoms with Gasteiger partial charge in [-0.05, 0) is 91.4 Å². The van der Waals surface area contributed by atoms with E-state index in [1.165, 1.54) is 18.7 Å². The predicted octanol–water partition coefficient (Wildman–Crippen LogP) is 5.88. The van der Waals surface area contributed by atoms with E-state index in [0.717, 1.165) is 9.80 Å². The Kier molecular flexibility index (Phi) is 10.5. The highest BCUT2D eigenvalue weighted by Crippen LogP contribution is 2.35. The van der Waals surface area contributed by atoms with Crippen molar-refractivity contribution >= 4 is 64.4 Å². The van der Waals surface area contributed by atoms with E-state index < -0.39 is 17.1 Å². The first kappa shape index (κ1) is 32.7. The molecule has 0 bridgehead atoms. The molecule has 1 saturated heterocycles. The molecule has 5 amide bonds. The van der Waals surface area contributed by atoms with Gasteiger partial charge in [0.2, 0.25) is 17.7 Å². The van der Waals surface area contributed by atoms with Crippen molar-refractivity contribution in [3.63, 3.8) is 0 Å². The van der Waals surface area contributed by atoms with Gasteiger partial charge in [-0.15, -0.1) is 11.8 Å². The topological polar surface area (TPSA) is 134 Å². The Morgan fingerprint density at radius 1 is 0.851 bits per heavy atom. The number of carbonyl (C=O) groups excluding carboxylic acids is 5. The van der Waals surface area contributed by atoms with Crippen LogP contribution in [0.3, 0.4) is 0 Å². The van der Waals surface area contributed by atoms with E-state index in [9.17, 15) is 24.0 Å². The van der Waals surface area contributed by atoms with Crippen molar-refractivity contribution in [3.05, 3.63) is 120 Å². The van der Waals surface area contributed by atoms with Gasteiger partial charge in [0.15, 0.2) is 0 Å². The van der Waals surface area contributed by atoms with E-state index >= 15 is 0 Å². The van der Waals surface area contributed by atoms with Crippen molar-refractivity contribution in [2.24, 2.45) is 0 Å². The van der Waals surface area contributed by atoms with Gasteiger partial charge in [0.25, 0.3) is 11.8 Å². The average Bonchev–Trinajstić information content (AvgIpc) is 3.34. The lowest BCUT2D eigenvalue weighted by atomic mass is 10.1. The van der Waals surface area contributed by atoms with E-state index in [-0.39, 0.29) is 29.8 Å². The van der Waals surface area contributed by atoms with Crippen LogP contribution in [-0.2, 0) is 19.2 Å². The number of hydrogen-bond donors (Lipinski definition) is 3. The van der Waals surface area contributed by atoms with E-state index in [1.807, 2.05) is 6.92 Å². The number of nitrogens with zero attached hydrogens (tertiary/aromatic N) is 1. The monoisotopic (exact) mass is 648 g/mol. The third-order valence-electron chi connectivity index (χ3n) is 6.97. The standard InChI is InChI=1S/C36H32N4O6S/c1-3-46-29-17-9-24(10-18-29)21-31(39-34(43)25-7-5-4-6-8-25)35(44)38-27-13-19-30(20-14-27)47-32-22-33(42)40(36(32)45)28-15-11-26(12-16-28)37-23(2)41/h4-21,32H,3,22H2,1-2H3,(H,37,41)(H,38,44)(H,39,43)/b31-21-. The average molecular weight is 649 g/mol. The molecule has 0 aromatic heterocycles. The molecule has 0 spiro atoms. The molecule has 11 heteroatoms. The Morgan fingerprint density at radius 3 is 2.13 bits per heavy atom. The molecule has 0 radical (unpaired) electrons. The van der Waals surface area contributed by atoms with E-state index in [4.69, 9.17) is 4.74 Å². The highest BCUT2D eigenvalue weighted by atomic mass is 32.2. The molecule has 1 unspecified atom stereocenters. The normalized spacial score (nSPS) is 14.5. The van der Waals surface area contributed by atoms with Crippen LogP contribution in [0.2, 0.25) is 0 Å². The summed E-state index contributed by atoms with van der Waals surface area (Å²) >= 11 is 1.26. The maximum Gasteiger partial charge on any atom is 0.272 e. The molecule has 10 nitrogen and oxygen atoms in total. The maximum atomic E-state index is 13.4. The number of hydrogen-bond acceptors (Lipinski definition) is 7. The number of imide groups is 1. The van der Waals surface area contributed by atoms with Crippen LogP contribution in [0.5, 0.6) is 5.75 Å². The summed E-state index contributed by atoms with van der Waals surface area (Å²) < 4.78 is 5.50. The Morgan fingerprint density at radius 2 is 1.49 bits per heavy atom. The van der Waals surface area contributed by atoms with E-state index in [2.05, 4.69) is 16.0 Å². The molecular weight excluding hydrogens is 616 g/mol. The molecule has 4 aromatic carbocycles. The smallest absolute Gasteiger partial charge is 0.272 e. The van der Waals surface area contributed by atoms with E-state index in [0.29, 0.717) is 40.5 Å². The minimum absolute atomic E-state index is 0.0379. The lowest BCUT2D eigenvalue weighted by Gasteiger charge is -2.15. The molecule has 0 saturated carbocycles. The second-order valence-electron chi connectivity index (χ2n) is 10.5. The van der Waals surface area contributed by atoms with Crippen LogP contribution < -0.4 is 25.6 Å². The van der Waals surface area contributed by atoms with Gasteiger partial charge in [-0.3, -0.25) is 24.0 Å². The van der Waals surface area contributed by atoms with Crippen molar-refractivity contribution in [3.8, 4) is 5.75 Å². The fraction of sp³-hybridized carbons (Fsp3) is 0.139. The number of thioether (sulfide) groups is 1. The molecule has 1 atom stereocenters. The van der Waals surface area contributed by atoms with Gasteiger partial charge in [-0.2, -0.15) is 0 Å². The van der Waals surface area contributed by atoms with Crippen LogP contribution in [0.4, 0.5) is 17.1 Å². The Bertz CT molecular complexity index is 1810. The zero-order chi connectivity index (χ0) is 33.3. The third kappa shape index (κ3) is 8.53. The minimum atomic E-state index is -0.616. The van der Waals surface area contributed by atoms with Gasteiger partial charge in [0, 0.05) is 35.2 Å². The van der Waals surface area contributed by atoms with Crippen LogP contribution in [-0.4, -0.2) is 41.4 Å². The molecule has 0 aliphatic carbocycles. The first-order chi connectivity index (χ1) is 22.7. The summed E-state index contributed by atoms with van der Waals surface area (Å²) in [6, 6.07) is 29.1. The Labute approximate surface area is 276 Å². The fourth-order valence-electron chi connectivity index (χ4n) is 4.78. The number of ether oxygens (including phenoxy) is 1. The quantitative estimate of drug-likeness (QED) is 0.137. The minimum Gasteiger partial charge on any atom is -0.494 e. The molecule has 1 aliphatic heterocycles. The lowest BCUT2D eigenvalue weighted by Crippen LogP contribution is -2.31. The molecule has 3 N–H and O–H groups in total. The van der Waals surface area contributed by atoms with Crippen molar-refractivity contribution < 1.29 is 28.7 Å². The van der Waals surface area contributed by atoms with Gasteiger partial charge in [-0.25, -0.2) is 4.90 Å². The lowest BCUT2D eigenvalue weighted by molar-refractivity contribution is -0.121. The molecular formula is C36H32N4O6S. The van der Waals surface area contributed by atoms with Crippen LogP contribution in [0.25, 0.3) is 6.08 Å². The predicted molar refractivity (Wildman–Crippen MR) is 182 cm³/mol. The number of nitrogens with one attached hydrogen (secondary N) is 3. The number of benzene rings is 4. The number of anilines is 3.